The lowest BCUT2D eigenvalue weighted by atomic mass is 9.81. The highest BCUT2D eigenvalue weighted by Crippen LogP contribution is 2.41. The van der Waals surface area contributed by atoms with E-state index in [0.29, 0.717) is 5.92 Å². The maximum atomic E-state index is 6.70. The third kappa shape index (κ3) is 4.18. The van der Waals surface area contributed by atoms with Crippen molar-refractivity contribution in [3.05, 3.63) is 155 Å². The smallest absolute Gasteiger partial charge is 0.135 e. The summed E-state index contributed by atoms with van der Waals surface area (Å²) in [7, 11) is 0. The summed E-state index contributed by atoms with van der Waals surface area (Å²) in [6.45, 7) is 0. The second kappa shape index (κ2) is 10.4. The Morgan fingerprint density at radius 3 is 2.35 bits per heavy atom. The molecule has 0 spiro atoms. The van der Waals surface area contributed by atoms with Crippen LogP contribution in [0, 0.1) is 5.92 Å². The van der Waals surface area contributed by atoms with Gasteiger partial charge in [0, 0.05) is 10.9 Å². The lowest BCUT2D eigenvalue weighted by Crippen LogP contribution is -2.33. The number of allylic oxidation sites excluding steroid dienone is 3. The van der Waals surface area contributed by atoms with Gasteiger partial charge in [-0.1, -0.05) is 103 Å². The van der Waals surface area contributed by atoms with Crippen molar-refractivity contribution in [3.8, 4) is 11.1 Å². The van der Waals surface area contributed by atoms with E-state index in [1.54, 1.807) is 0 Å². The molecule has 49 heavy (non-hydrogen) atoms. The van der Waals surface area contributed by atoms with Crippen LogP contribution in [0.15, 0.2) is 132 Å². The first kappa shape index (κ1) is 27.3. The van der Waals surface area contributed by atoms with Crippen molar-refractivity contribution in [2.75, 3.05) is 0 Å². The topological polar surface area (TPSA) is 13.1 Å². The Hall–Kier alpha value is -5.66. The summed E-state index contributed by atoms with van der Waals surface area (Å²) < 4.78 is 6.70. The van der Waals surface area contributed by atoms with Crippen molar-refractivity contribution < 1.29 is 4.42 Å². The SMILES string of the molecule is C1=CC2=c3cc4cccc(-c5ccc6c7c(oc6c5)C=C(c5cccc6cc8c(ccc9ccccc98)cc56)CC7)c4cc3=CCC2CC1. The summed E-state index contributed by atoms with van der Waals surface area (Å²) in [6.07, 6.45) is 15.1. The monoisotopic (exact) mass is 626 g/mol. The molecular weight excluding hydrogens is 593 g/mol. The molecule has 1 heteroatoms. The lowest BCUT2D eigenvalue weighted by molar-refractivity contribution is 0.596. The van der Waals surface area contributed by atoms with Crippen LogP contribution in [0.1, 0.15) is 42.6 Å². The third-order valence-electron chi connectivity index (χ3n) is 11.6. The lowest BCUT2D eigenvalue weighted by Gasteiger charge is -2.23. The van der Waals surface area contributed by atoms with Gasteiger partial charge in [0.25, 0.3) is 0 Å². The zero-order chi connectivity index (χ0) is 32.1. The van der Waals surface area contributed by atoms with Crippen LogP contribution in [0.2, 0.25) is 0 Å². The Balaban J connectivity index is 1.01. The van der Waals surface area contributed by atoms with Gasteiger partial charge in [0.2, 0.25) is 0 Å². The molecule has 232 valence electrons. The van der Waals surface area contributed by atoms with E-state index in [0.717, 1.165) is 30.6 Å². The molecule has 7 aromatic carbocycles. The van der Waals surface area contributed by atoms with E-state index in [-0.39, 0.29) is 0 Å². The van der Waals surface area contributed by atoms with Gasteiger partial charge >= 0.3 is 0 Å². The van der Waals surface area contributed by atoms with Crippen LogP contribution in [0.25, 0.3) is 88.5 Å². The molecule has 1 nitrogen and oxygen atoms in total. The van der Waals surface area contributed by atoms with Crippen molar-refractivity contribution in [2.45, 2.75) is 32.1 Å². The molecule has 1 atom stereocenters. The predicted molar refractivity (Wildman–Crippen MR) is 208 cm³/mol. The highest BCUT2D eigenvalue weighted by Gasteiger charge is 2.22. The number of rotatable bonds is 2. The van der Waals surface area contributed by atoms with Crippen LogP contribution in [-0.2, 0) is 6.42 Å². The predicted octanol–water partition coefficient (Wildman–Crippen LogP) is 11.5. The molecule has 3 aliphatic carbocycles. The molecule has 0 amide bonds. The van der Waals surface area contributed by atoms with Crippen LogP contribution in [0.5, 0.6) is 0 Å². The van der Waals surface area contributed by atoms with Crippen LogP contribution in [-0.4, -0.2) is 0 Å². The number of aryl methyl sites for hydroxylation is 1. The molecule has 0 saturated carbocycles. The maximum Gasteiger partial charge on any atom is 0.135 e. The quantitative estimate of drug-likeness (QED) is 0.137. The molecule has 8 aromatic rings. The van der Waals surface area contributed by atoms with E-state index in [1.807, 2.05) is 0 Å². The zero-order valence-electron chi connectivity index (χ0n) is 27.3. The van der Waals surface area contributed by atoms with Gasteiger partial charge in [-0.05, 0) is 156 Å². The first-order chi connectivity index (χ1) is 24.2. The molecule has 0 radical (unpaired) electrons. The molecule has 0 aliphatic heterocycles. The van der Waals surface area contributed by atoms with Crippen LogP contribution < -0.4 is 10.4 Å². The number of fused-ring (bicyclic) bond motifs is 10. The van der Waals surface area contributed by atoms with Gasteiger partial charge in [0.15, 0.2) is 0 Å². The molecular formula is C48H34O. The van der Waals surface area contributed by atoms with Gasteiger partial charge < -0.3 is 4.42 Å². The van der Waals surface area contributed by atoms with Crippen LogP contribution in [0.3, 0.4) is 0 Å². The van der Waals surface area contributed by atoms with Gasteiger partial charge in [-0.15, -0.1) is 0 Å². The van der Waals surface area contributed by atoms with Crippen molar-refractivity contribution in [1.29, 1.82) is 0 Å². The van der Waals surface area contributed by atoms with E-state index in [1.165, 1.54) is 105 Å². The highest BCUT2D eigenvalue weighted by molar-refractivity contribution is 6.14. The highest BCUT2D eigenvalue weighted by atomic mass is 16.3. The summed E-state index contributed by atoms with van der Waals surface area (Å²) in [6, 6.07) is 43.1. The summed E-state index contributed by atoms with van der Waals surface area (Å²) in [5.74, 6) is 1.67. The fraction of sp³-hybridized carbons (Fsp3) is 0.125. The first-order valence-corrected chi connectivity index (χ1v) is 17.8. The average molecular weight is 627 g/mol. The Morgan fingerprint density at radius 2 is 1.39 bits per heavy atom. The van der Waals surface area contributed by atoms with E-state index in [2.05, 4.69) is 140 Å². The summed E-state index contributed by atoms with van der Waals surface area (Å²) in [5, 5.41) is 14.4. The molecule has 0 saturated heterocycles. The average Bonchev–Trinajstić information content (AvgIpc) is 3.53. The Morgan fingerprint density at radius 1 is 0.592 bits per heavy atom. The Labute approximate surface area is 284 Å². The fourth-order valence-corrected chi connectivity index (χ4v) is 9.11. The van der Waals surface area contributed by atoms with Crippen molar-refractivity contribution in [3.63, 3.8) is 0 Å². The Bertz CT molecular complexity index is 2910. The minimum absolute atomic E-state index is 0.668. The number of hydrogen-bond acceptors (Lipinski definition) is 1. The third-order valence-corrected chi connectivity index (χ3v) is 11.6. The minimum Gasteiger partial charge on any atom is -0.456 e. The van der Waals surface area contributed by atoms with Crippen LogP contribution >= 0.6 is 0 Å². The van der Waals surface area contributed by atoms with Gasteiger partial charge in [-0.25, -0.2) is 0 Å². The van der Waals surface area contributed by atoms with Gasteiger partial charge in [0.1, 0.15) is 11.3 Å². The summed E-state index contributed by atoms with van der Waals surface area (Å²) in [4.78, 5) is 0. The van der Waals surface area contributed by atoms with Gasteiger partial charge in [-0.2, -0.15) is 0 Å². The first-order valence-electron chi connectivity index (χ1n) is 17.8. The molecule has 11 rings (SSSR count). The van der Waals surface area contributed by atoms with Gasteiger partial charge in [-0.3, -0.25) is 0 Å². The molecule has 1 heterocycles. The van der Waals surface area contributed by atoms with Gasteiger partial charge in [0.05, 0.1) is 0 Å². The summed E-state index contributed by atoms with van der Waals surface area (Å²) >= 11 is 0. The van der Waals surface area contributed by atoms with E-state index >= 15 is 0 Å². The summed E-state index contributed by atoms with van der Waals surface area (Å²) in [5.41, 5.74) is 8.96. The molecule has 3 aliphatic rings. The largest absolute Gasteiger partial charge is 0.456 e. The van der Waals surface area contributed by atoms with E-state index in [9.17, 15) is 0 Å². The maximum absolute atomic E-state index is 6.70. The van der Waals surface area contributed by atoms with Crippen molar-refractivity contribution >= 4 is 77.4 Å². The normalized spacial score (nSPS) is 16.9. The van der Waals surface area contributed by atoms with Crippen molar-refractivity contribution in [2.24, 2.45) is 5.92 Å². The fourth-order valence-electron chi connectivity index (χ4n) is 9.11. The Kier molecular flexibility index (Phi) is 5.81. The number of furan rings is 1. The molecule has 0 N–H and O–H groups in total. The second-order valence-electron chi connectivity index (χ2n) is 14.3. The van der Waals surface area contributed by atoms with Crippen molar-refractivity contribution in [1.82, 2.24) is 0 Å². The molecule has 1 aromatic heterocycles. The molecule has 0 bridgehead atoms. The molecule has 0 fully saturated rings. The van der Waals surface area contributed by atoms with Crippen LogP contribution in [0.4, 0.5) is 0 Å². The number of hydrogen-bond donors (Lipinski definition) is 0. The minimum atomic E-state index is 0.668. The number of benzene rings is 7. The second-order valence-corrected chi connectivity index (χ2v) is 14.3. The standard InChI is InChI=1S/C48H34O/c1-3-11-37-29(7-1)15-17-33-25-43-31(23-45(33)37)9-5-13-39(43)35-19-21-41-42-22-20-36(28-48(42)49-47(41)27-35)40-14-6-10-32-24-46-34(26-44(32)40)18-16-30-8-2-4-12-38(30)46/h1,3-7,9-15,17-18,20,22-28,30H,2,8,16,19,21H2. The molecule has 1 unspecified atom stereocenters. The van der Waals surface area contributed by atoms with E-state index in [4.69, 9.17) is 4.42 Å². The zero-order valence-corrected chi connectivity index (χ0v) is 27.3. The van der Waals surface area contributed by atoms with E-state index < -0.39 is 0 Å².